The monoisotopic (exact) mass is 691 g/mol. The van der Waals surface area contributed by atoms with Crippen LogP contribution in [0.15, 0.2) is 188 Å². The summed E-state index contributed by atoms with van der Waals surface area (Å²) >= 11 is 0. The molecule has 0 fully saturated rings. The first-order valence-electron chi connectivity index (χ1n) is 19.3. The summed E-state index contributed by atoms with van der Waals surface area (Å²) in [6.45, 7) is 4.53. The van der Waals surface area contributed by atoms with E-state index in [1.807, 2.05) is 0 Å². The number of benzene rings is 8. The van der Waals surface area contributed by atoms with Gasteiger partial charge in [-0.15, -0.1) is 0 Å². The molecule has 0 saturated carbocycles. The van der Waals surface area contributed by atoms with Crippen LogP contribution in [-0.2, 0) is 18.3 Å². The van der Waals surface area contributed by atoms with Crippen LogP contribution in [0.2, 0.25) is 0 Å². The summed E-state index contributed by atoms with van der Waals surface area (Å²) in [7, 11) is 0. The van der Waals surface area contributed by atoms with Crippen molar-refractivity contribution in [2.24, 2.45) is 0 Å². The normalized spacial score (nSPS) is 12.9. The topological polar surface area (TPSA) is 3.24 Å². The minimum Gasteiger partial charge on any atom is -0.310 e. The predicted octanol–water partition coefficient (Wildman–Crippen LogP) is 14.0. The lowest BCUT2D eigenvalue weighted by Crippen LogP contribution is -2.26. The van der Waals surface area contributed by atoms with E-state index in [9.17, 15) is 0 Å². The van der Waals surface area contributed by atoms with Gasteiger partial charge in [0, 0.05) is 16.9 Å². The lowest BCUT2D eigenvalue weighted by atomic mass is 9.70. The van der Waals surface area contributed by atoms with Gasteiger partial charge < -0.3 is 4.90 Å². The van der Waals surface area contributed by atoms with E-state index in [0.29, 0.717) is 0 Å². The standard InChI is InChI=1S/C53H41N/c1-3-36-18-8-9-21-41(36)42-32-30-39(34-37(42)4-2)54(52-29-17-13-22-43(52)38-19-6-5-7-20-38)40-31-33-47-46-25-12-16-28-50(46)53(51(47)35-40)48-26-14-10-23-44(48)45-24-11-15-27-49(45)53/h5-35H,3-4H2,1-2H3. The van der Waals surface area contributed by atoms with Crippen molar-refractivity contribution in [2.45, 2.75) is 32.1 Å². The SMILES string of the molecule is CCc1ccccc1-c1ccc(N(c2ccc3c(c2)C2(c4ccccc4-c4ccccc42)c2ccccc2-3)c2ccccc2-c2ccccc2)cc1CC. The molecule has 0 amide bonds. The number of nitrogens with zero attached hydrogens (tertiary/aromatic N) is 1. The van der Waals surface area contributed by atoms with Crippen molar-refractivity contribution < 1.29 is 0 Å². The van der Waals surface area contributed by atoms with Gasteiger partial charge in [0.15, 0.2) is 0 Å². The minimum atomic E-state index is -0.415. The second kappa shape index (κ2) is 12.9. The number of fused-ring (bicyclic) bond motifs is 10. The lowest BCUT2D eigenvalue weighted by Gasteiger charge is -2.33. The summed E-state index contributed by atoms with van der Waals surface area (Å²) in [5.41, 5.74) is 21.5. The smallest absolute Gasteiger partial charge is 0.0726 e. The first-order chi connectivity index (χ1) is 26.7. The van der Waals surface area contributed by atoms with Crippen LogP contribution in [0.3, 0.4) is 0 Å². The molecule has 2 aliphatic carbocycles. The number of para-hydroxylation sites is 1. The van der Waals surface area contributed by atoms with Crippen LogP contribution in [0.5, 0.6) is 0 Å². The molecule has 0 aromatic heterocycles. The van der Waals surface area contributed by atoms with Crippen LogP contribution in [-0.4, -0.2) is 0 Å². The van der Waals surface area contributed by atoms with Gasteiger partial charge in [-0.25, -0.2) is 0 Å². The highest BCUT2D eigenvalue weighted by Gasteiger charge is 2.51. The second-order valence-corrected chi connectivity index (χ2v) is 14.5. The zero-order valence-corrected chi connectivity index (χ0v) is 30.8. The maximum Gasteiger partial charge on any atom is 0.0726 e. The van der Waals surface area contributed by atoms with Gasteiger partial charge in [-0.05, 0) is 115 Å². The Kier molecular flexibility index (Phi) is 7.70. The summed E-state index contributed by atoms with van der Waals surface area (Å²) in [6.07, 6.45) is 1.94. The fourth-order valence-corrected chi connectivity index (χ4v) is 9.55. The number of anilines is 3. The molecule has 2 aliphatic rings. The van der Waals surface area contributed by atoms with Crippen molar-refractivity contribution >= 4 is 17.1 Å². The first kappa shape index (κ1) is 32.2. The van der Waals surface area contributed by atoms with E-state index in [2.05, 4.69) is 207 Å². The van der Waals surface area contributed by atoms with E-state index >= 15 is 0 Å². The van der Waals surface area contributed by atoms with E-state index in [1.54, 1.807) is 0 Å². The highest BCUT2D eigenvalue weighted by atomic mass is 15.1. The fourth-order valence-electron chi connectivity index (χ4n) is 9.55. The van der Waals surface area contributed by atoms with Crippen LogP contribution in [0.25, 0.3) is 44.5 Å². The van der Waals surface area contributed by atoms with Crippen molar-refractivity contribution in [3.63, 3.8) is 0 Å². The Hall–Kier alpha value is -6.44. The Balaban J connectivity index is 1.25. The maximum absolute atomic E-state index is 2.50. The van der Waals surface area contributed by atoms with Crippen LogP contribution in [0, 0.1) is 0 Å². The van der Waals surface area contributed by atoms with Crippen molar-refractivity contribution in [2.75, 3.05) is 4.90 Å². The quantitative estimate of drug-likeness (QED) is 0.161. The molecular weight excluding hydrogens is 651 g/mol. The second-order valence-electron chi connectivity index (χ2n) is 14.5. The minimum absolute atomic E-state index is 0.415. The molecule has 8 aromatic rings. The molecule has 0 unspecified atom stereocenters. The molecular formula is C53H41N. The maximum atomic E-state index is 2.50. The molecule has 54 heavy (non-hydrogen) atoms. The summed E-state index contributed by atoms with van der Waals surface area (Å²) in [6, 6.07) is 70.1. The Bertz CT molecular complexity index is 2640. The van der Waals surface area contributed by atoms with Crippen molar-refractivity contribution in [3.05, 3.63) is 221 Å². The molecule has 0 bridgehead atoms. The summed E-state index contributed by atoms with van der Waals surface area (Å²) in [4.78, 5) is 2.50. The Morgan fingerprint density at radius 2 is 0.796 bits per heavy atom. The Morgan fingerprint density at radius 3 is 1.41 bits per heavy atom. The predicted molar refractivity (Wildman–Crippen MR) is 227 cm³/mol. The molecule has 0 aliphatic heterocycles. The summed E-state index contributed by atoms with van der Waals surface area (Å²) in [5, 5.41) is 0. The molecule has 0 radical (unpaired) electrons. The van der Waals surface area contributed by atoms with Crippen molar-refractivity contribution in [3.8, 4) is 44.5 Å². The van der Waals surface area contributed by atoms with Crippen LogP contribution in [0.1, 0.15) is 47.2 Å². The van der Waals surface area contributed by atoms with Gasteiger partial charge in [0.2, 0.25) is 0 Å². The fraction of sp³-hybridized carbons (Fsp3) is 0.0943. The van der Waals surface area contributed by atoms with E-state index in [-0.39, 0.29) is 0 Å². The van der Waals surface area contributed by atoms with Gasteiger partial charge in [0.25, 0.3) is 0 Å². The molecule has 0 N–H and O–H groups in total. The zero-order chi connectivity index (χ0) is 36.2. The van der Waals surface area contributed by atoms with E-state index in [4.69, 9.17) is 0 Å². The summed E-state index contributed by atoms with van der Waals surface area (Å²) < 4.78 is 0. The third kappa shape index (κ3) is 4.71. The molecule has 8 aromatic carbocycles. The number of aryl methyl sites for hydroxylation is 2. The Morgan fingerprint density at radius 1 is 0.352 bits per heavy atom. The number of rotatable bonds is 7. The number of hydrogen-bond donors (Lipinski definition) is 0. The molecule has 1 heteroatoms. The third-order valence-electron chi connectivity index (χ3n) is 11.9. The molecule has 1 spiro atoms. The molecule has 0 saturated heterocycles. The average molecular weight is 692 g/mol. The average Bonchev–Trinajstić information content (AvgIpc) is 3.71. The van der Waals surface area contributed by atoms with E-state index in [0.717, 1.165) is 29.9 Å². The van der Waals surface area contributed by atoms with Crippen molar-refractivity contribution in [1.29, 1.82) is 0 Å². The highest BCUT2D eigenvalue weighted by Crippen LogP contribution is 2.63. The lowest BCUT2D eigenvalue weighted by molar-refractivity contribution is 0.793. The highest BCUT2D eigenvalue weighted by molar-refractivity contribution is 5.97. The van der Waals surface area contributed by atoms with Gasteiger partial charge in [0.05, 0.1) is 11.1 Å². The van der Waals surface area contributed by atoms with Crippen molar-refractivity contribution in [1.82, 2.24) is 0 Å². The molecule has 10 rings (SSSR count). The first-order valence-corrected chi connectivity index (χ1v) is 19.3. The molecule has 1 nitrogen and oxygen atoms in total. The van der Waals surface area contributed by atoms with Crippen LogP contribution < -0.4 is 4.90 Å². The molecule has 0 atom stereocenters. The molecule has 258 valence electrons. The van der Waals surface area contributed by atoms with Gasteiger partial charge in [-0.2, -0.15) is 0 Å². The van der Waals surface area contributed by atoms with E-state index < -0.39 is 5.41 Å². The Labute approximate surface area is 318 Å². The van der Waals surface area contributed by atoms with Crippen LogP contribution in [0.4, 0.5) is 17.1 Å². The van der Waals surface area contributed by atoms with Gasteiger partial charge in [-0.1, -0.05) is 172 Å². The zero-order valence-electron chi connectivity index (χ0n) is 30.8. The number of hydrogen-bond acceptors (Lipinski definition) is 1. The van der Waals surface area contributed by atoms with E-state index in [1.165, 1.54) is 77.9 Å². The van der Waals surface area contributed by atoms with Gasteiger partial charge >= 0.3 is 0 Å². The molecule has 0 heterocycles. The largest absolute Gasteiger partial charge is 0.310 e. The van der Waals surface area contributed by atoms with Crippen LogP contribution >= 0.6 is 0 Å². The van der Waals surface area contributed by atoms with Gasteiger partial charge in [0.1, 0.15) is 0 Å². The third-order valence-corrected chi connectivity index (χ3v) is 11.9. The van der Waals surface area contributed by atoms with Gasteiger partial charge in [-0.3, -0.25) is 0 Å². The summed E-state index contributed by atoms with van der Waals surface area (Å²) in [5.74, 6) is 0.